The van der Waals surface area contributed by atoms with E-state index in [1.54, 1.807) is 6.07 Å². The van der Waals surface area contributed by atoms with E-state index in [-0.39, 0.29) is 0 Å². The molecule has 6 heteroatoms. The number of nitrogens with zero attached hydrogens (tertiary/aromatic N) is 1. The van der Waals surface area contributed by atoms with Gasteiger partial charge in [-0.3, -0.25) is 4.79 Å². The molecule has 0 unspecified atom stereocenters. The number of carbonyl (C=O) groups excluding carboxylic acids is 1. The predicted molar refractivity (Wildman–Crippen MR) is 160 cm³/mol. The van der Waals surface area contributed by atoms with Crippen LogP contribution >= 0.6 is 23.2 Å². The minimum absolute atomic E-state index is 0.460. The number of fused-ring (bicyclic) bond motifs is 3. The summed E-state index contributed by atoms with van der Waals surface area (Å²) >= 11 is 13.1. The smallest absolute Gasteiger partial charge is 0.249 e. The van der Waals surface area contributed by atoms with Crippen LogP contribution in [0.3, 0.4) is 0 Å². The maximum absolute atomic E-state index is 12.4. The first-order valence-electron chi connectivity index (χ1n) is 12.5. The highest BCUT2D eigenvalue weighted by molar-refractivity contribution is 6.39. The van der Waals surface area contributed by atoms with Crippen molar-refractivity contribution >= 4 is 50.9 Å². The van der Waals surface area contributed by atoms with Gasteiger partial charge in [-0.25, -0.2) is 0 Å². The van der Waals surface area contributed by atoms with Gasteiger partial charge in [-0.05, 0) is 59.2 Å². The number of halogens is 2. The van der Waals surface area contributed by atoms with Gasteiger partial charge in [0.05, 0.1) is 11.0 Å². The van der Waals surface area contributed by atoms with E-state index in [2.05, 4.69) is 22.8 Å². The normalized spacial score (nSPS) is 11.2. The van der Waals surface area contributed by atoms with Gasteiger partial charge < -0.3 is 15.0 Å². The van der Waals surface area contributed by atoms with Gasteiger partial charge in [0.25, 0.3) is 0 Å². The molecule has 39 heavy (non-hydrogen) atoms. The first-order chi connectivity index (χ1) is 19.0. The number of rotatable bonds is 7. The molecule has 0 radical (unpaired) electrons. The highest BCUT2D eigenvalue weighted by Crippen LogP contribution is 2.39. The zero-order valence-electron chi connectivity index (χ0n) is 20.9. The Balaban J connectivity index is 1.42. The topological polar surface area (TPSA) is 57.2 Å². The fraction of sp³-hybridized carbons (Fsp3) is 0.0606. The summed E-state index contributed by atoms with van der Waals surface area (Å²) in [7, 11) is 0. The van der Waals surface area contributed by atoms with Crippen LogP contribution in [-0.4, -0.2) is 10.5 Å². The van der Waals surface area contributed by atoms with E-state index in [4.69, 9.17) is 33.7 Å². The minimum Gasteiger partial charge on any atom is -0.489 e. The van der Waals surface area contributed by atoms with E-state index in [1.165, 1.54) is 0 Å². The molecule has 2 N–H and O–H groups in total. The molecule has 1 heterocycles. The van der Waals surface area contributed by atoms with E-state index < -0.39 is 5.91 Å². The predicted octanol–water partition coefficient (Wildman–Crippen LogP) is 8.49. The van der Waals surface area contributed by atoms with Crippen LogP contribution in [0.15, 0.2) is 109 Å². The van der Waals surface area contributed by atoms with Gasteiger partial charge in [0.15, 0.2) is 0 Å². The van der Waals surface area contributed by atoms with Crippen molar-refractivity contribution < 1.29 is 9.53 Å². The average molecular weight is 551 g/mol. The Labute approximate surface area is 236 Å². The number of benzene rings is 5. The van der Waals surface area contributed by atoms with Gasteiger partial charge in [0.2, 0.25) is 5.91 Å². The van der Waals surface area contributed by atoms with Crippen molar-refractivity contribution in [2.24, 2.45) is 5.73 Å². The Morgan fingerprint density at radius 1 is 0.744 bits per heavy atom. The van der Waals surface area contributed by atoms with E-state index in [0.717, 1.165) is 49.8 Å². The maximum atomic E-state index is 12.4. The number of primary amides is 1. The first-order valence-corrected chi connectivity index (χ1v) is 13.3. The molecule has 0 aliphatic rings. The summed E-state index contributed by atoms with van der Waals surface area (Å²) in [6.07, 6.45) is 0. The Morgan fingerprint density at radius 2 is 1.46 bits per heavy atom. The number of hydrogen-bond acceptors (Lipinski definition) is 2. The Hall–Kier alpha value is -4.25. The molecule has 0 bridgehead atoms. The molecule has 0 saturated carbocycles. The second-order valence-corrected chi connectivity index (χ2v) is 10.2. The van der Waals surface area contributed by atoms with Crippen LogP contribution in [0.4, 0.5) is 0 Å². The molecule has 5 aromatic carbocycles. The highest BCUT2D eigenvalue weighted by Gasteiger charge is 2.18. The van der Waals surface area contributed by atoms with Gasteiger partial charge >= 0.3 is 0 Å². The number of nitrogens with two attached hydrogens (primary N) is 1. The Bertz CT molecular complexity index is 1810. The number of hydrogen-bond donors (Lipinski definition) is 1. The molecule has 0 atom stereocenters. The van der Waals surface area contributed by atoms with E-state index in [9.17, 15) is 4.79 Å². The first kappa shape index (κ1) is 25.1. The van der Waals surface area contributed by atoms with Crippen LogP contribution in [0.25, 0.3) is 32.9 Å². The van der Waals surface area contributed by atoms with Crippen molar-refractivity contribution in [3.8, 4) is 16.9 Å². The molecule has 1 amide bonds. The van der Waals surface area contributed by atoms with E-state index in [0.29, 0.717) is 28.8 Å². The maximum Gasteiger partial charge on any atom is 0.249 e. The van der Waals surface area contributed by atoms with Gasteiger partial charge in [-0.15, -0.1) is 0 Å². The summed E-state index contributed by atoms with van der Waals surface area (Å²) < 4.78 is 8.17. The molecule has 6 rings (SSSR count). The molecule has 192 valence electrons. The molecule has 6 aromatic rings. The van der Waals surface area contributed by atoms with Crippen LogP contribution in [0, 0.1) is 0 Å². The number of aromatic nitrogens is 1. The summed E-state index contributed by atoms with van der Waals surface area (Å²) in [5.41, 5.74) is 12.0. The monoisotopic (exact) mass is 550 g/mol. The van der Waals surface area contributed by atoms with E-state index >= 15 is 0 Å². The lowest BCUT2D eigenvalue weighted by atomic mass is 10.0. The van der Waals surface area contributed by atoms with Crippen molar-refractivity contribution in [3.05, 3.63) is 136 Å². The largest absolute Gasteiger partial charge is 0.489 e. The van der Waals surface area contributed by atoms with Crippen molar-refractivity contribution in [2.75, 3.05) is 0 Å². The molecule has 0 fully saturated rings. The Morgan fingerprint density at radius 3 is 2.18 bits per heavy atom. The highest BCUT2D eigenvalue weighted by atomic mass is 35.5. The van der Waals surface area contributed by atoms with Crippen LogP contribution in [0.2, 0.25) is 10.0 Å². The summed E-state index contributed by atoms with van der Waals surface area (Å²) in [6.45, 7) is 1.09. The molecule has 0 aliphatic carbocycles. The van der Waals surface area contributed by atoms with Gasteiger partial charge in [-0.2, -0.15) is 0 Å². The van der Waals surface area contributed by atoms with Crippen LogP contribution < -0.4 is 10.5 Å². The third-order valence-electron chi connectivity index (χ3n) is 6.92. The van der Waals surface area contributed by atoms with Crippen LogP contribution in [-0.2, 0) is 13.2 Å². The summed E-state index contributed by atoms with van der Waals surface area (Å²) in [5.74, 6) is 0.342. The second kappa shape index (κ2) is 10.5. The van der Waals surface area contributed by atoms with Crippen molar-refractivity contribution in [1.29, 1.82) is 0 Å². The molecule has 0 aliphatic heterocycles. The quantitative estimate of drug-likeness (QED) is 0.216. The molecule has 4 nitrogen and oxygen atoms in total. The van der Waals surface area contributed by atoms with Crippen LogP contribution in [0.1, 0.15) is 21.5 Å². The van der Waals surface area contributed by atoms with Crippen molar-refractivity contribution in [2.45, 2.75) is 13.2 Å². The standard InChI is InChI=1S/C33H24Cl2N2O2/c34-27-9-5-10-28(35)31(27)23-14-17-25-30(18-23)37(29-11-4-8-26(32(25)29)33(36)38)19-21-12-15-24(16-13-21)39-20-22-6-2-1-3-7-22/h1-18H,19-20H2,(H2,36,38). The zero-order chi connectivity index (χ0) is 26.9. The summed E-state index contributed by atoms with van der Waals surface area (Å²) in [6, 6.07) is 35.4. The van der Waals surface area contributed by atoms with Crippen LogP contribution in [0.5, 0.6) is 5.75 Å². The zero-order valence-corrected chi connectivity index (χ0v) is 22.4. The van der Waals surface area contributed by atoms with Crippen molar-refractivity contribution in [1.82, 2.24) is 4.57 Å². The number of amides is 1. The third kappa shape index (κ3) is 4.85. The lowest BCUT2D eigenvalue weighted by Gasteiger charge is -2.12. The lowest BCUT2D eigenvalue weighted by molar-refractivity contribution is 0.100. The fourth-order valence-corrected chi connectivity index (χ4v) is 5.68. The molecule has 0 spiro atoms. The third-order valence-corrected chi connectivity index (χ3v) is 7.55. The number of carbonyl (C=O) groups is 1. The van der Waals surface area contributed by atoms with E-state index in [1.807, 2.05) is 84.9 Å². The molecule has 0 saturated heterocycles. The Kier molecular flexibility index (Phi) is 6.74. The molecular weight excluding hydrogens is 527 g/mol. The van der Waals surface area contributed by atoms with Crippen molar-refractivity contribution in [3.63, 3.8) is 0 Å². The SMILES string of the molecule is NC(=O)c1cccc2c1c1ccc(-c3c(Cl)cccc3Cl)cc1n2Cc1ccc(OCc2ccccc2)cc1. The van der Waals surface area contributed by atoms with Gasteiger partial charge in [0.1, 0.15) is 12.4 Å². The lowest BCUT2D eigenvalue weighted by Crippen LogP contribution is -2.11. The molecule has 1 aromatic heterocycles. The summed E-state index contributed by atoms with van der Waals surface area (Å²) in [5, 5.41) is 2.93. The van der Waals surface area contributed by atoms with Gasteiger partial charge in [0, 0.05) is 38.5 Å². The summed E-state index contributed by atoms with van der Waals surface area (Å²) in [4.78, 5) is 12.4. The molecular formula is C33H24Cl2N2O2. The number of ether oxygens (including phenoxy) is 1. The fourth-order valence-electron chi connectivity index (χ4n) is 5.06. The minimum atomic E-state index is -0.460. The van der Waals surface area contributed by atoms with Gasteiger partial charge in [-0.1, -0.05) is 89.9 Å². The second-order valence-electron chi connectivity index (χ2n) is 9.40. The average Bonchev–Trinajstić information content (AvgIpc) is 3.26.